The topological polar surface area (TPSA) is 107 Å². The highest BCUT2D eigenvalue weighted by molar-refractivity contribution is 7.87. The van der Waals surface area contributed by atoms with Gasteiger partial charge in [0.25, 0.3) is 10.2 Å². The molecule has 7 nitrogen and oxygen atoms in total. The predicted molar refractivity (Wildman–Crippen MR) is 65.2 cm³/mol. The van der Waals surface area contributed by atoms with Gasteiger partial charge in [0.05, 0.1) is 6.42 Å². The number of carbonyl (C=O) groups is 1. The van der Waals surface area contributed by atoms with Crippen LogP contribution in [-0.2, 0) is 15.0 Å². The maximum absolute atomic E-state index is 11.9. The minimum absolute atomic E-state index is 0.0357. The molecule has 1 aliphatic rings. The molecule has 1 aliphatic carbocycles. The largest absolute Gasteiger partial charge is 0.481 e. The third-order valence-electron chi connectivity index (χ3n) is 3.24. The number of hydrogen-bond acceptors (Lipinski definition) is 4. The normalized spacial score (nSPS) is 24.6. The summed E-state index contributed by atoms with van der Waals surface area (Å²) in [5.41, 5.74) is 0. The van der Waals surface area contributed by atoms with Crippen LogP contribution in [0.4, 0.5) is 0 Å². The van der Waals surface area contributed by atoms with Crippen LogP contribution in [0.1, 0.15) is 25.7 Å². The molecule has 0 radical (unpaired) electrons. The lowest BCUT2D eigenvalue weighted by molar-refractivity contribution is -0.137. The van der Waals surface area contributed by atoms with E-state index in [1.807, 2.05) is 0 Å². The first-order valence-corrected chi connectivity index (χ1v) is 7.37. The summed E-state index contributed by atoms with van der Waals surface area (Å²) in [6.45, 7) is -0.104. The van der Waals surface area contributed by atoms with Crippen molar-refractivity contribution in [3.05, 3.63) is 0 Å². The SMILES string of the molecule is CN(CCC(=O)O)S(=O)(=O)NC1CCCC1CO. The van der Waals surface area contributed by atoms with Gasteiger partial charge in [0.1, 0.15) is 0 Å². The Bertz CT molecular complexity index is 384. The van der Waals surface area contributed by atoms with Crippen LogP contribution in [0.15, 0.2) is 0 Å². The Hall–Kier alpha value is -0.700. The van der Waals surface area contributed by atoms with Gasteiger partial charge in [-0.2, -0.15) is 17.4 Å². The molecule has 0 aromatic carbocycles. The summed E-state index contributed by atoms with van der Waals surface area (Å²) in [7, 11) is -2.33. The molecule has 8 heteroatoms. The molecule has 0 bridgehead atoms. The van der Waals surface area contributed by atoms with Gasteiger partial charge in [0.15, 0.2) is 0 Å². The van der Waals surface area contributed by atoms with Crippen molar-refractivity contribution in [2.24, 2.45) is 5.92 Å². The summed E-state index contributed by atoms with van der Waals surface area (Å²) in [6.07, 6.45) is 2.17. The molecule has 2 atom stereocenters. The van der Waals surface area contributed by atoms with Crippen molar-refractivity contribution in [1.29, 1.82) is 0 Å². The molecule has 0 aromatic rings. The van der Waals surface area contributed by atoms with Gasteiger partial charge < -0.3 is 10.2 Å². The van der Waals surface area contributed by atoms with E-state index in [9.17, 15) is 13.2 Å². The van der Waals surface area contributed by atoms with Crippen LogP contribution < -0.4 is 4.72 Å². The fourth-order valence-corrected chi connectivity index (χ4v) is 3.27. The Labute approximate surface area is 107 Å². The smallest absolute Gasteiger partial charge is 0.304 e. The number of aliphatic hydroxyl groups is 1. The molecular formula is C10H20N2O5S. The zero-order chi connectivity index (χ0) is 13.8. The second-order valence-electron chi connectivity index (χ2n) is 4.57. The molecule has 0 amide bonds. The molecule has 1 fully saturated rings. The van der Waals surface area contributed by atoms with Crippen LogP contribution in [-0.4, -0.2) is 55.1 Å². The highest BCUT2D eigenvalue weighted by Gasteiger charge is 2.31. The average molecular weight is 280 g/mol. The number of hydrogen-bond donors (Lipinski definition) is 3. The Morgan fingerprint density at radius 2 is 2.11 bits per heavy atom. The maximum atomic E-state index is 11.9. The number of nitrogens with zero attached hydrogens (tertiary/aromatic N) is 1. The monoisotopic (exact) mass is 280 g/mol. The second kappa shape index (κ2) is 6.46. The van der Waals surface area contributed by atoms with Crippen molar-refractivity contribution in [2.75, 3.05) is 20.2 Å². The van der Waals surface area contributed by atoms with Crippen molar-refractivity contribution in [1.82, 2.24) is 9.03 Å². The Balaban J connectivity index is 2.55. The second-order valence-corrected chi connectivity index (χ2v) is 6.38. The van der Waals surface area contributed by atoms with E-state index in [2.05, 4.69) is 4.72 Å². The number of carboxylic acid groups (broad SMARTS) is 1. The van der Waals surface area contributed by atoms with Crippen LogP contribution in [0.25, 0.3) is 0 Å². The molecule has 0 heterocycles. The summed E-state index contributed by atoms with van der Waals surface area (Å²) in [5, 5.41) is 17.6. The van der Waals surface area contributed by atoms with Crippen LogP contribution in [0.5, 0.6) is 0 Å². The summed E-state index contributed by atoms with van der Waals surface area (Å²) < 4.78 is 27.3. The number of aliphatic hydroxyl groups excluding tert-OH is 1. The lowest BCUT2D eigenvalue weighted by Crippen LogP contribution is -2.46. The third kappa shape index (κ3) is 4.20. The van der Waals surface area contributed by atoms with Crippen LogP contribution in [0.3, 0.4) is 0 Å². The molecule has 3 N–H and O–H groups in total. The van der Waals surface area contributed by atoms with Gasteiger partial charge in [-0.25, -0.2) is 0 Å². The van der Waals surface area contributed by atoms with E-state index in [0.717, 1.165) is 17.1 Å². The first kappa shape index (κ1) is 15.4. The minimum Gasteiger partial charge on any atom is -0.481 e. The van der Waals surface area contributed by atoms with E-state index < -0.39 is 16.2 Å². The van der Waals surface area contributed by atoms with E-state index in [4.69, 9.17) is 10.2 Å². The number of nitrogens with one attached hydrogen (secondary N) is 1. The standard InChI is InChI=1S/C10H20N2O5S/c1-12(6-5-10(14)15)18(16,17)11-9-4-2-3-8(9)7-13/h8-9,11,13H,2-7H2,1H3,(H,14,15). The maximum Gasteiger partial charge on any atom is 0.304 e. The molecule has 1 saturated carbocycles. The third-order valence-corrected chi connectivity index (χ3v) is 4.85. The molecule has 0 aliphatic heterocycles. The van der Waals surface area contributed by atoms with Gasteiger partial charge in [-0.15, -0.1) is 0 Å². The molecule has 0 spiro atoms. The van der Waals surface area contributed by atoms with Crippen LogP contribution in [0.2, 0.25) is 0 Å². The van der Waals surface area contributed by atoms with E-state index in [1.165, 1.54) is 7.05 Å². The van der Waals surface area contributed by atoms with Gasteiger partial charge >= 0.3 is 5.97 Å². The quantitative estimate of drug-likeness (QED) is 0.576. The van der Waals surface area contributed by atoms with Crippen LogP contribution >= 0.6 is 0 Å². The molecule has 0 saturated heterocycles. The molecule has 0 aromatic heterocycles. The lowest BCUT2D eigenvalue weighted by Gasteiger charge is -2.23. The Morgan fingerprint density at radius 1 is 1.44 bits per heavy atom. The van der Waals surface area contributed by atoms with Gasteiger partial charge in [0.2, 0.25) is 0 Å². The summed E-state index contributed by atoms with van der Waals surface area (Å²) in [6, 6.07) is -0.257. The highest BCUT2D eigenvalue weighted by atomic mass is 32.2. The summed E-state index contributed by atoms with van der Waals surface area (Å²) in [5.74, 6) is -1.08. The lowest BCUT2D eigenvalue weighted by atomic mass is 10.1. The first-order valence-electron chi connectivity index (χ1n) is 5.93. The Morgan fingerprint density at radius 3 is 2.67 bits per heavy atom. The number of carboxylic acids is 1. The van der Waals surface area contributed by atoms with E-state index in [0.29, 0.717) is 6.42 Å². The minimum atomic E-state index is -3.67. The van der Waals surface area contributed by atoms with E-state index in [-0.39, 0.29) is 31.5 Å². The van der Waals surface area contributed by atoms with Gasteiger partial charge in [-0.3, -0.25) is 4.79 Å². The van der Waals surface area contributed by atoms with Gasteiger partial charge in [-0.05, 0) is 18.8 Å². The first-order chi connectivity index (χ1) is 8.36. The van der Waals surface area contributed by atoms with Crippen molar-refractivity contribution in [3.8, 4) is 0 Å². The van der Waals surface area contributed by atoms with Crippen molar-refractivity contribution >= 4 is 16.2 Å². The zero-order valence-electron chi connectivity index (χ0n) is 10.4. The number of rotatable bonds is 7. The van der Waals surface area contributed by atoms with Gasteiger partial charge in [-0.1, -0.05) is 6.42 Å². The van der Waals surface area contributed by atoms with Crippen molar-refractivity contribution < 1.29 is 23.4 Å². The average Bonchev–Trinajstić information content (AvgIpc) is 2.72. The summed E-state index contributed by atoms with van der Waals surface area (Å²) in [4.78, 5) is 10.4. The molecule has 2 unspecified atom stereocenters. The van der Waals surface area contributed by atoms with Crippen LogP contribution in [0, 0.1) is 5.92 Å². The highest BCUT2D eigenvalue weighted by Crippen LogP contribution is 2.25. The van der Waals surface area contributed by atoms with E-state index >= 15 is 0 Å². The van der Waals surface area contributed by atoms with Crippen molar-refractivity contribution in [3.63, 3.8) is 0 Å². The fourth-order valence-electron chi connectivity index (χ4n) is 2.07. The fraction of sp³-hybridized carbons (Fsp3) is 0.900. The van der Waals surface area contributed by atoms with Gasteiger partial charge in [0, 0.05) is 26.2 Å². The number of aliphatic carboxylic acids is 1. The van der Waals surface area contributed by atoms with Crippen molar-refractivity contribution in [2.45, 2.75) is 31.7 Å². The van der Waals surface area contributed by atoms with E-state index in [1.54, 1.807) is 0 Å². The Kier molecular flexibility index (Phi) is 5.51. The molecule has 106 valence electrons. The molecular weight excluding hydrogens is 260 g/mol. The molecule has 18 heavy (non-hydrogen) atoms. The molecule has 1 rings (SSSR count). The zero-order valence-corrected chi connectivity index (χ0v) is 11.2. The summed E-state index contributed by atoms with van der Waals surface area (Å²) >= 11 is 0. The predicted octanol–water partition coefficient (Wildman–Crippen LogP) is -0.612.